The Morgan fingerprint density at radius 1 is 1.16 bits per heavy atom. The van der Waals surface area contributed by atoms with Crippen LogP contribution < -0.4 is 14.4 Å². The Bertz CT molecular complexity index is 799. The lowest BCUT2D eigenvalue weighted by molar-refractivity contribution is 0.0992. The second kappa shape index (κ2) is 6.39. The van der Waals surface area contributed by atoms with Gasteiger partial charge in [0.05, 0.1) is 24.8 Å². The molecule has 0 bridgehead atoms. The molecule has 0 N–H and O–H groups in total. The molecule has 0 radical (unpaired) electrons. The number of ether oxygens (including phenoxy) is 2. The number of benzene rings is 1. The van der Waals surface area contributed by atoms with E-state index < -0.39 is 0 Å². The highest BCUT2D eigenvalue weighted by Crippen LogP contribution is 2.41. The molecule has 2 aromatic rings. The highest BCUT2D eigenvalue weighted by atomic mass is 16.5. The van der Waals surface area contributed by atoms with E-state index in [1.54, 1.807) is 24.4 Å². The molecule has 130 valence electrons. The molecular weight excluding hydrogens is 316 g/mol. The van der Waals surface area contributed by atoms with E-state index in [4.69, 9.17) is 9.47 Å². The maximum atomic E-state index is 12.8. The van der Waals surface area contributed by atoms with Crippen LogP contribution in [0.1, 0.15) is 54.6 Å². The van der Waals surface area contributed by atoms with Crippen LogP contribution in [-0.4, -0.2) is 24.1 Å². The van der Waals surface area contributed by atoms with E-state index in [1.807, 2.05) is 31.2 Å². The van der Waals surface area contributed by atoms with E-state index in [0.29, 0.717) is 17.1 Å². The van der Waals surface area contributed by atoms with Gasteiger partial charge >= 0.3 is 0 Å². The van der Waals surface area contributed by atoms with Crippen molar-refractivity contribution in [3.63, 3.8) is 0 Å². The number of carbonyl (C=O) groups excluding carboxylic acids is 1. The van der Waals surface area contributed by atoms with Gasteiger partial charge in [-0.1, -0.05) is 0 Å². The maximum Gasteiger partial charge on any atom is 0.260 e. The maximum absolute atomic E-state index is 12.8. The molecule has 1 saturated carbocycles. The number of fused-ring (bicyclic) bond motifs is 1. The first-order valence-corrected chi connectivity index (χ1v) is 8.81. The fourth-order valence-corrected chi connectivity index (χ4v) is 3.83. The predicted molar refractivity (Wildman–Crippen MR) is 95.3 cm³/mol. The number of aromatic nitrogens is 1. The first-order valence-electron chi connectivity index (χ1n) is 8.81. The number of pyridine rings is 1. The molecule has 0 spiro atoms. The Kier molecular flexibility index (Phi) is 4.07. The monoisotopic (exact) mass is 338 g/mol. The molecule has 1 amide bonds. The van der Waals surface area contributed by atoms with Gasteiger partial charge < -0.3 is 14.4 Å². The van der Waals surface area contributed by atoms with Crippen molar-refractivity contribution < 1.29 is 14.3 Å². The molecule has 1 aliphatic heterocycles. The molecule has 1 unspecified atom stereocenters. The molecule has 1 aliphatic carbocycles. The Labute approximate surface area is 147 Å². The summed E-state index contributed by atoms with van der Waals surface area (Å²) in [4.78, 5) is 18.7. The Balaban J connectivity index is 1.68. The van der Waals surface area contributed by atoms with E-state index in [1.165, 1.54) is 12.8 Å². The van der Waals surface area contributed by atoms with E-state index in [0.717, 1.165) is 24.1 Å². The zero-order valence-corrected chi connectivity index (χ0v) is 14.6. The zero-order chi connectivity index (χ0) is 17.4. The van der Waals surface area contributed by atoms with Gasteiger partial charge in [-0.15, -0.1) is 0 Å². The third-order valence-electron chi connectivity index (χ3n) is 5.16. The second-order valence-corrected chi connectivity index (χ2v) is 6.67. The Morgan fingerprint density at radius 3 is 2.68 bits per heavy atom. The molecule has 25 heavy (non-hydrogen) atoms. The summed E-state index contributed by atoms with van der Waals surface area (Å²) >= 11 is 0. The van der Waals surface area contributed by atoms with Gasteiger partial charge in [-0.05, 0) is 56.4 Å². The molecule has 5 heteroatoms. The third kappa shape index (κ3) is 2.73. The summed E-state index contributed by atoms with van der Waals surface area (Å²) < 4.78 is 11.6. The fraction of sp³-hybridized carbons (Fsp3) is 0.400. The fourth-order valence-electron chi connectivity index (χ4n) is 3.83. The van der Waals surface area contributed by atoms with Crippen LogP contribution in [0.2, 0.25) is 0 Å². The largest absolute Gasteiger partial charge is 0.493 e. The zero-order valence-electron chi connectivity index (χ0n) is 14.6. The van der Waals surface area contributed by atoms with Crippen molar-refractivity contribution in [1.82, 2.24) is 4.98 Å². The smallest absolute Gasteiger partial charge is 0.260 e. The van der Waals surface area contributed by atoms with Crippen LogP contribution >= 0.6 is 0 Å². The first-order chi connectivity index (χ1) is 12.2. The van der Waals surface area contributed by atoms with Crippen LogP contribution in [-0.2, 0) is 0 Å². The van der Waals surface area contributed by atoms with Gasteiger partial charge in [-0.2, -0.15) is 0 Å². The molecular formula is C20H22N2O3. The van der Waals surface area contributed by atoms with Crippen LogP contribution in [0.15, 0.2) is 36.7 Å². The van der Waals surface area contributed by atoms with E-state index >= 15 is 0 Å². The normalized spacial score (nSPS) is 20.0. The van der Waals surface area contributed by atoms with Gasteiger partial charge in [-0.25, -0.2) is 0 Å². The van der Waals surface area contributed by atoms with Crippen molar-refractivity contribution in [3.8, 4) is 11.5 Å². The molecule has 5 nitrogen and oxygen atoms in total. The van der Waals surface area contributed by atoms with Gasteiger partial charge in [0.1, 0.15) is 0 Å². The molecule has 1 atom stereocenters. The minimum atomic E-state index is -0.0294. The van der Waals surface area contributed by atoms with Crippen molar-refractivity contribution in [2.75, 3.05) is 12.0 Å². The number of hydrogen-bond donors (Lipinski definition) is 0. The van der Waals surface area contributed by atoms with E-state index in [2.05, 4.69) is 4.98 Å². The predicted octanol–water partition coefficient (Wildman–Crippen LogP) is 4.13. The van der Waals surface area contributed by atoms with Crippen molar-refractivity contribution in [3.05, 3.63) is 47.8 Å². The number of nitrogens with zero attached hydrogens (tertiary/aromatic N) is 2. The number of hydrogen-bond acceptors (Lipinski definition) is 4. The summed E-state index contributed by atoms with van der Waals surface area (Å²) in [5, 5.41) is 0. The summed E-state index contributed by atoms with van der Waals surface area (Å²) in [6.07, 6.45) is 8.17. The first kappa shape index (κ1) is 15.9. The lowest BCUT2D eigenvalue weighted by Gasteiger charge is -2.24. The highest BCUT2D eigenvalue weighted by Gasteiger charge is 2.35. The molecule has 1 fully saturated rings. The van der Waals surface area contributed by atoms with Gasteiger partial charge in [0.15, 0.2) is 11.5 Å². The molecule has 1 aromatic heterocycles. The minimum absolute atomic E-state index is 0.0208. The lowest BCUT2D eigenvalue weighted by Crippen LogP contribution is -2.26. The lowest BCUT2D eigenvalue weighted by atomic mass is 10.1. The van der Waals surface area contributed by atoms with Crippen molar-refractivity contribution in [1.29, 1.82) is 0 Å². The van der Waals surface area contributed by atoms with Gasteiger partial charge in [0.2, 0.25) is 0 Å². The quantitative estimate of drug-likeness (QED) is 0.841. The SMILES string of the molecule is COc1ccc(N2C(=O)c3cnccc3C2C)cc1OC1CCCC1. The Morgan fingerprint density at radius 2 is 1.96 bits per heavy atom. The molecule has 0 saturated heterocycles. The summed E-state index contributed by atoms with van der Waals surface area (Å²) in [7, 11) is 1.64. The minimum Gasteiger partial charge on any atom is -0.493 e. The van der Waals surface area contributed by atoms with Gasteiger partial charge in [0, 0.05) is 24.1 Å². The summed E-state index contributed by atoms with van der Waals surface area (Å²) in [6.45, 7) is 2.03. The highest BCUT2D eigenvalue weighted by molar-refractivity contribution is 6.10. The topological polar surface area (TPSA) is 51.7 Å². The Hall–Kier alpha value is -2.56. The molecule has 2 heterocycles. The summed E-state index contributed by atoms with van der Waals surface area (Å²) in [5.41, 5.74) is 2.50. The van der Waals surface area contributed by atoms with Crippen LogP contribution in [0.4, 0.5) is 5.69 Å². The summed E-state index contributed by atoms with van der Waals surface area (Å²) in [5.74, 6) is 1.39. The average molecular weight is 338 g/mol. The number of methoxy groups -OCH3 is 1. The van der Waals surface area contributed by atoms with Gasteiger partial charge in [-0.3, -0.25) is 9.78 Å². The molecule has 1 aromatic carbocycles. The molecule has 4 rings (SSSR count). The molecule has 2 aliphatic rings. The number of rotatable bonds is 4. The number of anilines is 1. The number of amides is 1. The van der Waals surface area contributed by atoms with Crippen molar-refractivity contribution >= 4 is 11.6 Å². The van der Waals surface area contributed by atoms with Crippen molar-refractivity contribution in [2.45, 2.75) is 44.8 Å². The third-order valence-corrected chi connectivity index (χ3v) is 5.16. The standard InChI is InChI=1S/C20H22N2O3/c1-13-16-9-10-21-12-17(16)20(23)22(13)14-7-8-18(24-2)19(11-14)25-15-5-3-4-6-15/h7-13,15H,3-6H2,1-2H3. The number of carbonyl (C=O) groups is 1. The average Bonchev–Trinajstić information content (AvgIpc) is 3.23. The second-order valence-electron chi connectivity index (χ2n) is 6.67. The summed E-state index contributed by atoms with van der Waals surface area (Å²) in [6, 6.07) is 7.59. The van der Waals surface area contributed by atoms with Crippen LogP contribution in [0.3, 0.4) is 0 Å². The van der Waals surface area contributed by atoms with E-state index in [9.17, 15) is 4.79 Å². The van der Waals surface area contributed by atoms with Crippen LogP contribution in [0.25, 0.3) is 0 Å². The van der Waals surface area contributed by atoms with Crippen LogP contribution in [0, 0.1) is 0 Å². The van der Waals surface area contributed by atoms with Crippen molar-refractivity contribution in [2.24, 2.45) is 0 Å². The van der Waals surface area contributed by atoms with Gasteiger partial charge in [0.25, 0.3) is 5.91 Å². The van der Waals surface area contributed by atoms with Crippen LogP contribution in [0.5, 0.6) is 11.5 Å². The van der Waals surface area contributed by atoms with E-state index in [-0.39, 0.29) is 18.1 Å².